The Bertz CT molecular complexity index is 472. The van der Waals surface area contributed by atoms with E-state index in [4.69, 9.17) is 21.1 Å². The third-order valence-electron chi connectivity index (χ3n) is 3.33. The first-order valence-corrected chi connectivity index (χ1v) is 6.68. The molecule has 0 unspecified atom stereocenters. The lowest BCUT2D eigenvalue weighted by molar-refractivity contribution is -0.134. The van der Waals surface area contributed by atoms with Crippen molar-refractivity contribution in [1.29, 1.82) is 0 Å². The Morgan fingerprint density at radius 3 is 2.58 bits per heavy atom. The molecule has 4 nitrogen and oxygen atoms in total. The van der Waals surface area contributed by atoms with E-state index in [9.17, 15) is 4.79 Å². The van der Waals surface area contributed by atoms with Gasteiger partial charge in [0.15, 0.2) is 6.29 Å². The second kappa shape index (κ2) is 6.37. The van der Waals surface area contributed by atoms with Crippen molar-refractivity contribution in [3.63, 3.8) is 0 Å². The number of carbonyl (C=O) groups is 1. The zero-order chi connectivity index (χ0) is 13.8. The second-order valence-electron chi connectivity index (χ2n) is 4.61. The van der Waals surface area contributed by atoms with Crippen LogP contribution in [0.3, 0.4) is 0 Å². The number of hydrogen-bond acceptors (Lipinski definition) is 3. The lowest BCUT2D eigenvalue weighted by Crippen LogP contribution is -2.23. The fraction of sp³-hybridized carbons (Fsp3) is 0.500. The van der Waals surface area contributed by atoms with Crippen molar-refractivity contribution >= 4 is 23.2 Å². The molecule has 19 heavy (non-hydrogen) atoms. The molecule has 0 aliphatic heterocycles. The van der Waals surface area contributed by atoms with Crippen LogP contribution in [0.5, 0.6) is 0 Å². The molecule has 1 aromatic carbocycles. The molecule has 0 atom stereocenters. The highest BCUT2D eigenvalue weighted by Gasteiger charge is 2.17. The maximum Gasteiger partial charge on any atom is 0.229 e. The van der Waals surface area contributed by atoms with Gasteiger partial charge in [0.05, 0.1) is 17.1 Å². The third-order valence-corrected chi connectivity index (χ3v) is 3.65. The summed E-state index contributed by atoms with van der Waals surface area (Å²) in [5, 5.41) is 3.39. The van der Waals surface area contributed by atoms with Gasteiger partial charge in [-0.25, -0.2) is 0 Å². The van der Waals surface area contributed by atoms with E-state index in [0.717, 1.165) is 19.3 Å². The van der Waals surface area contributed by atoms with Crippen LogP contribution in [0.2, 0.25) is 5.02 Å². The van der Waals surface area contributed by atoms with Gasteiger partial charge in [-0.2, -0.15) is 0 Å². The van der Waals surface area contributed by atoms with Crippen molar-refractivity contribution < 1.29 is 14.3 Å². The van der Waals surface area contributed by atoms with Crippen LogP contribution in [0.25, 0.3) is 0 Å². The zero-order valence-electron chi connectivity index (χ0n) is 11.2. The van der Waals surface area contributed by atoms with Gasteiger partial charge in [-0.15, -0.1) is 0 Å². The molecule has 0 heterocycles. The molecule has 0 aromatic heterocycles. The Labute approximate surface area is 118 Å². The summed E-state index contributed by atoms with van der Waals surface area (Å²) in [7, 11) is 3.01. The Morgan fingerprint density at radius 2 is 1.95 bits per heavy atom. The molecular formula is C14H18ClNO3. The highest BCUT2D eigenvalue weighted by Crippen LogP contribution is 2.31. The van der Waals surface area contributed by atoms with Gasteiger partial charge in [-0.1, -0.05) is 11.6 Å². The van der Waals surface area contributed by atoms with Crippen molar-refractivity contribution in [3.8, 4) is 0 Å². The summed E-state index contributed by atoms with van der Waals surface area (Å²) in [6, 6.07) is 3.92. The molecule has 1 aliphatic carbocycles. The summed E-state index contributed by atoms with van der Waals surface area (Å²) in [5.41, 5.74) is 3.22. The Kier molecular flexibility index (Phi) is 4.80. The molecule has 0 bridgehead atoms. The molecule has 1 amide bonds. The minimum Gasteiger partial charge on any atom is -0.355 e. The van der Waals surface area contributed by atoms with Crippen LogP contribution in [-0.2, 0) is 27.1 Å². The van der Waals surface area contributed by atoms with Crippen molar-refractivity contribution in [3.05, 3.63) is 28.3 Å². The summed E-state index contributed by atoms with van der Waals surface area (Å²) in [5.74, 6) is -0.173. The second-order valence-corrected chi connectivity index (χ2v) is 5.01. The fourth-order valence-electron chi connectivity index (χ4n) is 2.31. The predicted molar refractivity (Wildman–Crippen MR) is 74.5 cm³/mol. The average Bonchev–Trinajstić information content (AvgIpc) is 2.83. The number of aryl methyl sites for hydroxylation is 2. The van der Waals surface area contributed by atoms with Gasteiger partial charge in [0.25, 0.3) is 0 Å². The molecular weight excluding hydrogens is 266 g/mol. The van der Waals surface area contributed by atoms with E-state index in [1.807, 2.05) is 12.1 Å². The lowest BCUT2D eigenvalue weighted by Gasteiger charge is -2.14. The van der Waals surface area contributed by atoms with Crippen LogP contribution in [-0.4, -0.2) is 26.4 Å². The van der Waals surface area contributed by atoms with Crippen molar-refractivity contribution in [2.45, 2.75) is 32.0 Å². The van der Waals surface area contributed by atoms with Gasteiger partial charge in [0, 0.05) is 14.2 Å². The first-order chi connectivity index (χ1) is 9.13. The van der Waals surface area contributed by atoms with E-state index < -0.39 is 6.29 Å². The maximum absolute atomic E-state index is 11.9. The van der Waals surface area contributed by atoms with Gasteiger partial charge < -0.3 is 14.8 Å². The lowest BCUT2D eigenvalue weighted by atomic mass is 10.1. The molecule has 0 spiro atoms. The number of nitrogens with one attached hydrogen (secondary N) is 1. The Balaban J connectivity index is 2.05. The number of hydrogen-bond donors (Lipinski definition) is 1. The van der Waals surface area contributed by atoms with Gasteiger partial charge >= 0.3 is 0 Å². The molecule has 0 saturated heterocycles. The minimum absolute atomic E-state index is 0.139. The third kappa shape index (κ3) is 3.47. The summed E-state index contributed by atoms with van der Waals surface area (Å²) >= 11 is 6.18. The molecule has 1 aromatic rings. The Morgan fingerprint density at radius 1 is 1.32 bits per heavy atom. The van der Waals surface area contributed by atoms with Crippen LogP contribution in [0.4, 0.5) is 5.69 Å². The van der Waals surface area contributed by atoms with Gasteiger partial charge in [-0.3, -0.25) is 4.79 Å². The van der Waals surface area contributed by atoms with Crippen LogP contribution in [0.1, 0.15) is 24.0 Å². The minimum atomic E-state index is -0.534. The summed E-state index contributed by atoms with van der Waals surface area (Å²) < 4.78 is 9.99. The quantitative estimate of drug-likeness (QED) is 0.845. The van der Waals surface area contributed by atoms with Crippen LogP contribution in [0, 0.1) is 0 Å². The van der Waals surface area contributed by atoms with Gasteiger partial charge in [-0.05, 0) is 42.5 Å². The molecule has 2 rings (SSSR count). The SMILES string of the molecule is COC(CC(=O)Nc1cc2c(cc1Cl)CCC2)OC. The number of ether oxygens (including phenoxy) is 2. The number of amides is 1. The summed E-state index contributed by atoms with van der Waals surface area (Å²) in [4.78, 5) is 11.9. The topological polar surface area (TPSA) is 47.6 Å². The van der Waals surface area contributed by atoms with Crippen molar-refractivity contribution in [1.82, 2.24) is 0 Å². The molecule has 1 aliphatic rings. The standard InChI is InChI=1S/C14H18ClNO3/c1-18-14(19-2)8-13(17)16-12-7-10-5-3-4-9(10)6-11(12)15/h6-7,14H,3-5,8H2,1-2H3,(H,16,17). The molecule has 0 saturated carbocycles. The first kappa shape index (κ1) is 14.3. The van der Waals surface area contributed by atoms with Crippen LogP contribution in [0.15, 0.2) is 12.1 Å². The molecule has 0 radical (unpaired) electrons. The number of fused-ring (bicyclic) bond motifs is 1. The first-order valence-electron chi connectivity index (χ1n) is 6.30. The van der Waals surface area contributed by atoms with Gasteiger partial charge in [0.1, 0.15) is 0 Å². The molecule has 5 heteroatoms. The van der Waals surface area contributed by atoms with Gasteiger partial charge in [0.2, 0.25) is 5.91 Å². The van der Waals surface area contributed by atoms with E-state index in [-0.39, 0.29) is 12.3 Å². The molecule has 104 valence electrons. The normalized spacial score (nSPS) is 13.7. The highest BCUT2D eigenvalue weighted by molar-refractivity contribution is 6.33. The van der Waals surface area contributed by atoms with E-state index in [1.165, 1.54) is 25.3 Å². The summed E-state index contributed by atoms with van der Waals surface area (Å²) in [6.07, 6.45) is 2.87. The highest BCUT2D eigenvalue weighted by atomic mass is 35.5. The average molecular weight is 284 g/mol. The number of anilines is 1. The van der Waals surface area contributed by atoms with Crippen LogP contribution >= 0.6 is 11.6 Å². The zero-order valence-corrected chi connectivity index (χ0v) is 11.9. The maximum atomic E-state index is 11.9. The van der Waals surface area contributed by atoms with E-state index in [2.05, 4.69) is 5.32 Å². The number of halogens is 1. The smallest absolute Gasteiger partial charge is 0.229 e. The molecule has 1 N–H and O–H groups in total. The van der Waals surface area contributed by atoms with E-state index in [1.54, 1.807) is 0 Å². The van der Waals surface area contributed by atoms with Crippen molar-refractivity contribution in [2.75, 3.05) is 19.5 Å². The molecule has 0 fully saturated rings. The Hall–Kier alpha value is -1.10. The van der Waals surface area contributed by atoms with E-state index >= 15 is 0 Å². The predicted octanol–water partition coefficient (Wildman–Crippen LogP) is 2.78. The monoisotopic (exact) mass is 283 g/mol. The summed E-state index contributed by atoms with van der Waals surface area (Å²) in [6.45, 7) is 0. The largest absolute Gasteiger partial charge is 0.355 e. The number of rotatable bonds is 5. The van der Waals surface area contributed by atoms with Crippen LogP contribution < -0.4 is 5.32 Å². The number of benzene rings is 1. The number of methoxy groups -OCH3 is 2. The fourth-order valence-corrected chi connectivity index (χ4v) is 2.54. The number of carbonyl (C=O) groups excluding carboxylic acids is 1. The van der Waals surface area contributed by atoms with Crippen molar-refractivity contribution in [2.24, 2.45) is 0 Å². The van der Waals surface area contributed by atoms with E-state index in [0.29, 0.717) is 10.7 Å².